The normalized spacial score (nSPS) is 26.8. The first-order valence-electron chi connectivity index (χ1n) is 7.71. The van der Waals surface area contributed by atoms with E-state index in [0.717, 1.165) is 18.7 Å². The molecule has 0 saturated carbocycles. The van der Waals surface area contributed by atoms with Gasteiger partial charge in [0.25, 0.3) is 0 Å². The molecule has 0 aromatic heterocycles. The number of fused-ring (bicyclic) bond motifs is 1. The minimum Gasteiger partial charge on any atom is -0.298 e. The SMILES string of the molecule is CC(C)CN1CC2CN(S(=O)(=O)Cc3ccccc3)CC21. The van der Waals surface area contributed by atoms with Crippen molar-refractivity contribution in [2.75, 3.05) is 26.2 Å². The van der Waals surface area contributed by atoms with Crippen LogP contribution in [0.3, 0.4) is 0 Å². The third-order valence-corrected chi connectivity index (χ3v) is 6.28. The Morgan fingerprint density at radius 1 is 1.14 bits per heavy atom. The van der Waals surface area contributed by atoms with E-state index in [0.29, 0.717) is 31.0 Å². The van der Waals surface area contributed by atoms with Crippen LogP contribution in [0.1, 0.15) is 19.4 Å². The molecule has 0 radical (unpaired) electrons. The van der Waals surface area contributed by atoms with Crippen molar-refractivity contribution in [2.24, 2.45) is 11.8 Å². The van der Waals surface area contributed by atoms with Gasteiger partial charge in [-0.25, -0.2) is 8.42 Å². The minimum atomic E-state index is -3.18. The van der Waals surface area contributed by atoms with Crippen molar-refractivity contribution >= 4 is 10.0 Å². The lowest BCUT2D eigenvalue weighted by atomic mass is 9.91. The Morgan fingerprint density at radius 3 is 2.52 bits per heavy atom. The van der Waals surface area contributed by atoms with E-state index in [2.05, 4.69) is 18.7 Å². The second-order valence-corrected chi connectivity index (χ2v) is 8.70. The maximum absolute atomic E-state index is 12.6. The van der Waals surface area contributed by atoms with Gasteiger partial charge in [-0.3, -0.25) is 4.90 Å². The molecule has 5 heteroatoms. The highest BCUT2D eigenvalue weighted by Crippen LogP contribution is 2.34. The summed E-state index contributed by atoms with van der Waals surface area (Å²) in [6.07, 6.45) is 0. The van der Waals surface area contributed by atoms with Crippen LogP contribution in [-0.2, 0) is 15.8 Å². The fourth-order valence-corrected chi connectivity index (χ4v) is 5.08. The molecule has 2 aliphatic rings. The van der Waals surface area contributed by atoms with Crippen LogP contribution < -0.4 is 0 Å². The molecule has 21 heavy (non-hydrogen) atoms. The van der Waals surface area contributed by atoms with Gasteiger partial charge in [0.1, 0.15) is 0 Å². The largest absolute Gasteiger partial charge is 0.298 e. The van der Waals surface area contributed by atoms with E-state index in [9.17, 15) is 8.42 Å². The lowest BCUT2D eigenvalue weighted by Crippen LogP contribution is -2.56. The molecule has 0 amide bonds. The molecule has 0 spiro atoms. The second kappa shape index (κ2) is 5.71. The van der Waals surface area contributed by atoms with Gasteiger partial charge in [-0.2, -0.15) is 4.31 Å². The number of rotatable bonds is 5. The summed E-state index contributed by atoms with van der Waals surface area (Å²) in [4.78, 5) is 2.44. The maximum Gasteiger partial charge on any atom is 0.218 e. The average molecular weight is 308 g/mol. The lowest BCUT2D eigenvalue weighted by Gasteiger charge is -2.44. The highest BCUT2D eigenvalue weighted by atomic mass is 32.2. The first kappa shape index (κ1) is 15.0. The van der Waals surface area contributed by atoms with Crippen molar-refractivity contribution in [3.8, 4) is 0 Å². The van der Waals surface area contributed by atoms with Gasteiger partial charge in [0, 0.05) is 38.1 Å². The van der Waals surface area contributed by atoms with Gasteiger partial charge in [0.05, 0.1) is 5.75 Å². The summed E-state index contributed by atoms with van der Waals surface area (Å²) in [6.45, 7) is 7.94. The number of hydrogen-bond donors (Lipinski definition) is 0. The highest BCUT2D eigenvalue weighted by molar-refractivity contribution is 7.88. The quantitative estimate of drug-likeness (QED) is 0.832. The lowest BCUT2D eigenvalue weighted by molar-refractivity contribution is 0.0403. The van der Waals surface area contributed by atoms with E-state index in [-0.39, 0.29) is 5.75 Å². The van der Waals surface area contributed by atoms with Crippen LogP contribution in [0.4, 0.5) is 0 Å². The second-order valence-electron chi connectivity index (χ2n) is 6.73. The van der Waals surface area contributed by atoms with E-state index in [1.807, 2.05) is 30.3 Å². The maximum atomic E-state index is 12.6. The predicted molar refractivity (Wildman–Crippen MR) is 84.3 cm³/mol. The zero-order valence-electron chi connectivity index (χ0n) is 12.8. The zero-order valence-corrected chi connectivity index (χ0v) is 13.6. The number of hydrogen-bond acceptors (Lipinski definition) is 3. The van der Waals surface area contributed by atoms with Gasteiger partial charge in [0.15, 0.2) is 0 Å². The molecule has 1 aromatic rings. The molecule has 3 rings (SSSR count). The van der Waals surface area contributed by atoms with Crippen LogP contribution in [0.15, 0.2) is 30.3 Å². The van der Waals surface area contributed by atoms with E-state index in [4.69, 9.17) is 0 Å². The number of nitrogens with zero attached hydrogens (tertiary/aromatic N) is 2. The fourth-order valence-electron chi connectivity index (χ4n) is 3.49. The average Bonchev–Trinajstić information content (AvgIpc) is 2.75. The van der Waals surface area contributed by atoms with Crippen LogP contribution in [0.25, 0.3) is 0 Å². The van der Waals surface area contributed by atoms with E-state index < -0.39 is 10.0 Å². The van der Waals surface area contributed by atoms with Crippen molar-refractivity contribution in [1.29, 1.82) is 0 Å². The summed E-state index contributed by atoms with van der Waals surface area (Å²) in [5, 5.41) is 0. The van der Waals surface area contributed by atoms with Crippen molar-refractivity contribution in [2.45, 2.75) is 25.6 Å². The molecule has 2 saturated heterocycles. The van der Waals surface area contributed by atoms with Gasteiger partial charge in [-0.1, -0.05) is 44.2 Å². The molecule has 4 nitrogen and oxygen atoms in total. The summed E-state index contributed by atoms with van der Waals surface area (Å²) < 4.78 is 26.8. The summed E-state index contributed by atoms with van der Waals surface area (Å²) in [5.41, 5.74) is 0.871. The Bertz CT molecular complexity index is 586. The Balaban J connectivity index is 1.63. The molecule has 0 bridgehead atoms. The van der Waals surface area contributed by atoms with Gasteiger partial charge >= 0.3 is 0 Å². The fraction of sp³-hybridized carbons (Fsp3) is 0.625. The first-order chi connectivity index (χ1) is 9.95. The van der Waals surface area contributed by atoms with Crippen LogP contribution >= 0.6 is 0 Å². The van der Waals surface area contributed by atoms with Crippen LogP contribution in [0.2, 0.25) is 0 Å². The molecule has 2 aliphatic heterocycles. The molecule has 2 atom stereocenters. The topological polar surface area (TPSA) is 40.6 Å². The first-order valence-corrected chi connectivity index (χ1v) is 9.32. The molecule has 2 heterocycles. The van der Waals surface area contributed by atoms with E-state index in [1.54, 1.807) is 4.31 Å². The summed E-state index contributed by atoms with van der Waals surface area (Å²) in [7, 11) is -3.18. The van der Waals surface area contributed by atoms with Gasteiger partial charge < -0.3 is 0 Å². The third-order valence-electron chi connectivity index (χ3n) is 4.50. The van der Waals surface area contributed by atoms with Crippen molar-refractivity contribution in [3.05, 3.63) is 35.9 Å². The summed E-state index contributed by atoms with van der Waals surface area (Å²) in [5.74, 6) is 1.30. The third kappa shape index (κ3) is 3.15. The van der Waals surface area contributed by atoms with Crippen molar-refractivity contribution in [3.63, 3.8) is 0 Å². The Morgan fingerprint density at radius 2 is 1.86 bits per heavy atom. The molecular weight excluding hydrogens is 284 g/mol. The van der Waals surface area contributed by atoms with Gasteiger partial charge in [-0.15, -0.1) is 0 Å². The van der Waals surface area contributed by atoms with Crippen molar-refractivity contribution in [1.82, 2.24) is 9.21 Å². The number of likely N-dealkylation sites (tertiary alicyclic amines) is 1. The summed E-state index contributed by atoms with van der Waals surface area (Å²) in [6, 6.07) is 9.90. The Kier molecular flexibility index (Phi) is 4.08. The zero-order chi connectivity index (χ0) is 15.0. The Hall–Kier alpha value is -0.910. The van der Waals surface area contributed by atoms with Gasteiger partial charge in [0.2, 0.25) is 10.0 Å². The molecular formula is C16H24N2O2S. The highest BCUT2D eigenvalue weighted by Gasteiger charge is 2.48. The van der Waals surface area contributed by atoms with Crippen molar-refractivity contribution < 1.29 is 8.42 Å². The molecule has 0 N–H and O–H groups in total. The van der Waals surface area contributed by atoms with Gasteiger partial charge in [-0.05, 0) is 11.5 Å². The molecule has 2 fully saturated rings. The summed E-state index contributed by atoms with van der Waals surface area (Å²) >= 11 is 0. The minimum absolute atomic E-state index is 0.122. The van der Waals surface area contributed by atoms with E-state index >= 15 is 0 Å². The smallest absolute Gasteiger partial charge is 0.218 e. The van der Waals surface area contributed by atoms with Crippen LogP contribution in [0, 0.1) is 11.8 Å². The predicted octanol–water partition coefficient (Wildman–Crippen LogP) is 1.79. The van der Waals surface area contributed by atoms with E-state index in [1.165, 1.54) is 0 Å². The molecule has 1 aromatic carbocycles. The standard InChI is InChI=1S/C16H24N2O2S/c1-13(2)8-17-9-15-10-18(11-16(15)17)21(19,20)12-14-6-4-3-5-7-14/h3-7,13,15-16H,8-12H2,1-2H3. The van der Waals surface area contributed by atoms with Crippen LogP contribution in [-0.4, -0.2) is 49.8 Å². The number of benzene rings is 1. The molecule has 116 valence electrons. The monoisotopic (exact) mass is 308 g/mol. The molecule has 2 unspecified atom stereocenters. The Labute approximate surface area is 127 Å². The molecule has 0 aliphatic carbocycles. The van der Waals surface area contributed by atoms with Crippen LogP contribution in [0.5, 0.6) is 0 Å². The number of sulfonamides is 1.